The fourth-order valence-corrected chi connectivity index (χ4v) is 9.29. The van der Waals surface area contributed by atoms with E-state index in [0.29, 0.717) is 29.3 Å². The number of aromatic nitrogens is 4. The number of hydrogen-bond acceptors (Lipinski definition) is 6. The maximum atomic E-state index is 4.74. The molecule has 7 nitrogen and oxygen atoms in total. The first kappa shape index (κ1) is 32.5. The van der Waals surface area contributed by atoms with E-state index in [1.165, 1.54) is 71.9 Å². The largest absolute Gasteiger partial charge is 0.341 e. The highest BCUT2D eigenvalue weighted by Crippen LogP contribution is 2.55. The maximum Gasteiger partial charge on any atom is 0.123 e. The van der Waals surface area contributed by atoms with Crippen molar-refractivity contribution in [3.63, 3.8) is 0 Å². The minimum Gasteiger partial charge on any atom is -0.341 e. The molecule has 6 N–H and O–H groups in total. The third kappa shape index (κ3) is 6.07. The number of rotatable bonds is 6. The first-order valence-corrected chi connectivity index (χ1v) is 18.7. The molecule has 5 aromatic rings. The summed E-state index contributed by atoms with van der Waals surface area (Å²) in [7, 11) is 0. The Labute approximate surface area is 295 Å². The van der Waals surface area contributed by atoms with Gasteiger partial charge in [0.2, 0.25) is 0 Å². The van der Waals surface area contributed by atoms with Crippen molar-refractivity contribution in [2.45, 2.75) is 82.7 Å². The van der Waals surface area contributed by atoms with Crippen molar-refractivity contribution in [2.75, 3.05) is 13.1 Å². The van der Waals surface area contributed by atoms with Gasteiger partial charge >= 0.3 is 0 Å². The fraction of sp³-hybridized carbons (Fsp3) is 0.415. The molecule has 1 saturated carbocycles. The lowest BCUT2D eigenvalue weighted by Gasteiger charge is -2.28. The zero-order valence-electron chi connectivity index (χ0n) is 28.7. The topological polar surface area (TPSA) is 107 Å². The Bertz CT molecular complexity index is 1900. The van der Waals surface area contributed by atoms with Gasteiger partial charge in [-0.25, -0.2) is 9.97 Å². The normalized spacial score (nSPS) is 23.9. The van der Waals surface area contributed by atoms with Crippen molar-refractivity contribution in [1.29, 1.82) is 0 Å². The molecule has 0 radical (unpaired) electrons. The highest BCUT2D eigenvalue weighted by atomic mass is 32.1. The second-order valence-electron chi connectivity index (χ2n) is 15.1. The quantitative estimate of drug-likeness (QED) is 0.101. The van der Waals surface area contributed by atoms with Crippen molar-refractivity contribution in [1.82, 2.24) is 30.6 Å². The number of nitrogens with zero attached hydrogens (tertiary/aromatic N) is 2. The van der Waals surface area contributed by atoms with Crippen molar-refractivity contribution in [2.24, 2.45) is 17.0 Å². The Morgan fingerprint density at radius 2 is 1.10 bits per heavy atom. The monoisotopic (exact) mass is 671 g/mol. The summed E-state index contributed by atoms with van der Waals surface area (Å²) < 4.78 is 0. The average Bonchev–Trinajstić information content (AvgIpc) is 4.00. The second kappa shape index (κ2) is 13.6. The number of nitrogens with one attached hydrogen (secondary N) is 4. The number of hydrogen-bond donors (Lipinski definition) is 6. The van der Waals surface area contributed by atoms with E-state index in [9.17, 15) is 0 Å². The zero-order chi connectivity index (χ0) is 33.5. The fourth-order valence-electron chi connectivity index (χ4n) is 9.29. The molecule has 8 heteroatoms. The van der Waals surface area contributed by atoms with E-state index >= 15 is 0 Å². The van der Waals surface area contributed by atoms with Crippen LogP contribution in [0.3, 0.4) is 0 Å². The number of benzene rings is 3. The molecule has 2 aliphatic heterocycles. The summed E-state index contributed by atoms with van der Waals surface area (Å²) in [6, 6.07) is 23.8. The first-order chi connectivity index (χ1) is 24.0. The molecule has 0 bridgehead atoms. The summed E-state index contributed by atoms with van der Waals surface area (Å²) in [6.07, 6.45) is 14.0. The van der Waals surface area contributed by atoms with Crippen molar-refractivity contribution < 1.29 is 0 Å². The van der Waals surface area contributed by atoms with Crippen LogP contribution in [0.2, 0.25) is 0 Å². The van der Waals surface area contributed by atoms with Crippen LogP contribution in [0.4, 0.5) is 0 Å². The summed E-state index contributed by atoms with van der Waals surface area (Å²) in [5.41, 5.74) is 13.6. The molecule has 4 unspecified atom stereocenters. The van der Waals surface area contributed by atoms with Crippen LogP contribution >= 0.6 is 12.8 Å². The molecule has 49 heavy (non-hydrogen) atoms. The summed E-state index contributed by atoms with van der Waals surface area (Å²) in [5, 5.41) is 11.4. The van der Waals surface area contributed by atoms with Crippen molar-refractivity contribution in [3.05, 3.63) is 95.8 Å². The molecule has 2 saturated heterocycles. The summed E-state index contributed by atoms with van der Waals surface area (Å²) >= 11 is 3.03. The van der Waals surface area contributed by atoms with Gasteiger partial charge in [-0.3, -0.25) is 5.14 Å². The first-order valence-electron chi connectivity index (χ1n) is 18.2. The van der Waals surface area contributed by atoms with E-state index < -0.39 is 0 Å². The molecular weight excluding hydrogens is 623 g/mol. The van der Waals surface area contributed by atoms with Crippen LogP contribution in [-0.4, -0.2) is 33.0 Å². The van der Waals surface area contributed by atoms with Crippen LogP contribution in [0.5, 0.6) is 0 Å². The molecule has 0 amide bonds. The second-order valence-corrected chi connectivity index (χ2v) is 15.1. The lowest BCUT2D eigenvalue weighted by molar-refractivity contribution is 0.440. The molecule has 2 aromatic heterocycles. The predicted octanol–water partition coefficient (Wildman–Crippen LogP) is 8.69. The van der Waals surface area contributed by atoms with Gasteiger partial charge in [-0.05, 0) is 113 Å². The van der Waals surface area contributed by atoms with Crippen LogP contribution in [-0.2, 0) is 11.8 Å². The highest BCUT2D eigenvalue weighted by Gasteiger charge is 2.43. The lowest BCUT2D eigenvalue weighted by Crippen LogP contribution is -2.19. The molecule has 4 atom stereocenters. The maximum absolute atomic E-state index is 4.74. The van der Waals surface area contributed by atoms with Crippen LogP contribution in [0, 0.1) is 11.8 Å². The average molecular weight is 672 g/mol. The molecule has 254 valence electrons. The number of aromatic amines is 2. The van der Waals surface area contributed by atoms with Crippen molar-refractivity contribution >= 4 is 12.8 Å². The number of nitrogens with two attached hydrogens (primary N) is 1. The van der Waals surface area contributed by atoms with E-state index in [2.05, 4.69) is 113 Å². The molecule has 4 aliphatic rings. The summed E-state index contributed by atoms with van der Waals surface area (Å²) in [5.74, 6) is 3.51. The molecule has 3 fully saturated rings. The van der Waals surface area contributed by atoms with Crippen LogP contribution in [0.25, 0.3) is 44.8 Å². The van der Waals surface area contributed by atoms with Crippen LogP contribution in [0.1, 0.15) is 93.7 Å². The van der Waals surface area contributed by atoms with Gasteiger partial charge in [0, 0.05) is 0 Å². The Hall–Kier alpha value is -3.69. The van der Waals surface area contributed by atoms with Gasteiger partial charge in [0.05, 0.1) is 35.9 Å². The number of imidazole rings is 2. The predicted molar refractivity (Wildman–Crippen MR) is 203 cm³/mol. The molecular formula is C41H49N7S. The Kier molecular flexibility index (Phi) is 8.99. The highest BCUT2D eigenvalue weighted by molar-refractivity contribution is 7.77. The minimum atomic E-state index is 0.321. The Balaban J connectivity index is 0.00000171. The Morgan fingerprint density at radius 3 is 1.59 bits per heavy atom. The van der Waals surface area contributed by atoms with E-state index in [1.54, 1.807) is 11.1 Å². The Morgan fingerprint density at radius 1 is 0.633 bits per heavy atom. The van der Waals surface area contributed by atoms with Gasteiger partial charge in [-0.1, -0.05) is 87.4 Å². The van der Waals surface area contributed by atoms with Gasteiger partial charge in [0.1, 0.15) is 11.6 Å². The third-order valence-corrected chi connectivity index (χ3v) is 11.8. The number of thiol groups is 1. The van der Waals surface area contributed by atoms with Crippen LogP contribution in [0.15, 0.2) is 73.1 Å². The van der Waals surface area contributed by atoms with Gasteiger partial charge in [0.25, 0.3) is 0 Å². The summed E-state index contributed by atoms with van der Waals surface area (Å²) in [4.78, 5) is 16.7. The SMILES string of the molecule is CC1CNC(c2ncc(-c3ccc(-c4ccc(-c5ccc(-c6cnc(C7CC(C)CN7)[nH]6)cc5)c5c4CCC54CCCC4)cc3)[nH]2)C1.NS. The van der Waals surface area contributed by atoms with Gasteiger partial charge < -0.3 is 20.6 Å². The van der Waals surface area contributed by atoms with E-state index in [4.69, 9.17) is 9.97 Å². The smallest absolute Gasteiger partial charge is 0.123 e. The lowest BCUT2D eigenvalue weighted by atomic mass is 9.76. The minimum absolute atomic E-state index is 0.321. The van der Waals surface area contributed by atoms with Gasteiger partial charge in [-0.2, -0.15) is 0 Å². The third-order valence-electron chi connectivity index (χ3n) is 11.8. The van der Waals surface area contributed by atoms with E-state index in [-0.39, 0.29) is 0 Å². The number of fused-ring (bicyclic) bond motifs is 2. The molecule has 4 heterocycles. The van der Waals surface area contributed by atoms with E-state index in [1.807, 2.05) is 12.4 Å². The van der Waals surface area contributed by atoms with E-state index in [0.717, 1.165) is 49.0 Å². The molecule has 1 spiro atoms. The van der Waals surface area contributed by atoms with Crippen LogP contribution < -0.4 is 15.8 Å². The standard InChI is InChI=1S/C41H46N6.H3NS/c1-25-19-34(42-21-25)39-44-23-36(46-39)29-9-5-27(6-10-29)31-13-14-32(38-33(31)15-18-41(38)16-3-4-17-41)28-7-11-30(12-8-28)37-24-45-40(47-37)35-20-26(2)22-43-35;1-2/h5-14,23-26,34-35,42-43H,3-4,15-22H2,1-2H3,(H,44,46)(H,45,47);2H,1H2. The molecule has 2 aliphatic carbocycles. The summed E-state index contributed by atoms with van der Waals surface area (Å²) in [6.45, 7) is 6.73. The van der Waals surface area contributed by atoms with Gasteiger partial charge in [-0.15, -0.1) is 12.8 Å². The zero-order valence-corrected chi connectivity index (χ0v) is 29.6. The number of H-pyrrole nitrogens is 2. The molecule has 3 aromatic carbocycles. The van der Waals surface area contributed by atoms with Crippen molar-refractivity contribution in [3.8, 4) is 44.8 Å². The van der Waals surface area contributed by atoms with Gasteiger partial charge in [0.15, 0.2) is 0 Å². The molecule has 9 rings (SSSR count).